The van der Waals surface area contributed by atoms with E-state index in [2.05, 4.69) is 15.2 Å². The Hall–Kier alpha value is -3.10. The minimum atomic E-state index is -0.365. The Morgan fingerprint density at radius 1 is 1.25 bits per heavy atom. The summed E-state index contributed by atoms with van der Waals surface area (Å²) in [6, 6.07) is 3.69. The molecule has 9 heteroatoms. The van der Waals surface area contributed by atoms with Gasteiger partial charge in [-0.1, -0.05) is 0 Å². The van der Waals surface area contributed by atoms with E-state index in [1.54, 1.807) is 11.7 Å². The summed E-state index contributed by atoms with van der Waals surface area (Å²) in [5.41, 5.74) is 2.24. The van der Waals surface area contributed by atoms with Gasteiger partial charge in [-0.15, -0.1) is 0 Å². The maximum Gasteiger partial charge on any atom is 0.307 e. The molecule has 0 fully saturated rings. The first-order chi connectivity index (χ1) is 13.2. The number of esters is 1. The van der Waals surface area contributed by atoms with E-state index in [1.807, 2.05) is 43.8 Å². The number of aromatic nitrogens is 3. The van der Waals surface area contributed by atoms with E-state index in [0.717, 1.165) is 17.2 Å². The van der Waals surface area contributed by atoms with E-state index in [1.165, 1.54) is 12.0 Å². The number of nitrogens with one attached hydrogen (secondary N) is 1. The highest BCUT2D eigenvalue weighted by molar-refractivity contribution is 5.96. The van der Waals surface area contributed by atoms with E-state index in [9.17, 15) is 14.4 Å². The maximum atomic E-state index is 12.5. The van der Waals surface area contributed by atoms with Gasteiger partial charge in [-0.25, -0.2) is 0 Å². The Labute approximate surface area is 164 Å². The molecule has 0 aliphatic carbocycles. The third kappa shape index (κ3) is 4.99. The zero-order valence-electron chi connectivity index (χ0n) is 17.0. The Morgan fingerprint density at radius 2 is 1.96 bits per heavy atom. The van der Waals surface area contributed by atoms with Gasteiger partial charge in [0.2, 0.25) is 5.91 Å². The first kappa shape index (κ1) is 21.2. The third-order valence-electron chi connectivity index (χ3n) is 4.53. The largest absolute Gasteiger partial charge is 0.469 e. The number of carbonyl (C=O) groups is 3. The minimum absolute atomic E-state index is 0.143. The molecule has 0 saturated carbocycles. The Kier molecular flexibility index (Phi) is 6.97. The molecule has 2 aromatic heterocycles. The van der Waals surface area contributed by atoms with Gasteiger partial charge in [-0.3, -0.25) is 19.1 Å². The third-order valence-corrected chi connectivity index (χ3v) is 4.53. The van der Waals surface area contributed by atoms with Gasteiger partial charge in [0.05, 0.1) is 19.1 Å². The number of hydrogen-bond donors (Lipinski definition) is 1. The van der Waals surface area contributed by atoms with Crippen LogP contribution in [0.3, 0.4) is 0 Å². The summed E-state index contributed by atoms with van der Waals surface area (Å²) in [6.45, 7) is 4.28. The molecule has 0 aromatic carbocycles. The Bertz CT molecular complexity index is 868. The quantitative estimate of drug-likeness (QED) is 0.679. The molecule has 0 atom stereocenters. The summed E-state index contributed by atoms with van der Waals surface area (Å²) in [4.78, 5) is 37.2. The SMILES string of the molecule is COC(=O)CCN(C)C(=O)CCNC(=O)c1cc(C)n(-c2ccn(C)n2)c1C. The molecule has 0 aliphatic rings. The average molecular weight is 389 g/mol. The molecule has 0 radical (unpaired) electrons. The van der Waals surface area contributed by atoms with Crippen molar-refractivity contribution in [3.05, 3.63) is 35.3 Å². The second-order valence-electron chi connectivity index (χ2n) is 6.62. The molecule has 28 heavy (non-hydrogen) atoms. The highest BCUT2D eigenvalue weighted by Crippen LogP contribution is 2.19. The molecular weight excluding hydrogens is 362 g/mol. The standard InChI is InChI=1S/C19H27N5O4/c1-13-12-15(14(2)24(13)16-7-11-23(4)21-16)19(27)20-9-6-17(25)22(3)10-8-18(26)28-5/h7,11-12H,6,8-10H2,1-5H3,(H,20,27). The predicted octanol–water partition coefficient (Wildman–Crippen LogP) is 0.969. The fourth-order valence-corrected chi connectivity index (χ4v) is 2.92. The van der Waals surface area contributed by atoms with Crippen LogP contribution in [-0.2, 0) is 21.4 Å². The van der Waals surface area contributed by atoms with Crippen molar-refractivity contribution in [3.8, 4) is 5.82 Å². The van der Waals surface area contributed by atoms with Crippen molar-refractivity contribution < 1.29 is 19.1 Å². The highest BCUT2D eigenvalue weighted by atomic mass is 16.5. The van der Waals surface area contributed by atoms with Crippen LogP contribution in [0, 0.1) is 13.8 Å². The number of hydrogen-bond acceptors (Lipinski definition) is 5. The van der Waals surface area contributed by atoms with Gasteiger partial charge in [0.25, 0.3) is 5.91 Å². The van der Waals surface area contributed by atoms with Crippen LogP contribution in [0.5, 0.6) is 0 Å². The summed E-state index contributed by atoms with van der Waals surface area (Å²) in [5.74, 6) is -0.00127. The van der Waals surface area contributed by atoms with Crippen LogP contribution in [0.4, 0.5) is 0 Å². The normalized spacial score (nSPS) is 10.6. The van der Waals surface area contributed by atoms with Gasteiger partial charge < -0.3 is 19.5 Å². The van der Waals surface area contributed by atoms with Crippen LogP contribution in [0.25, 0.3) is 5.82 Å². The Balaban J connectivity index is 1.92. The van der Waals surface area contributed by atoms with Crippen molar-refractivity contribution in [1.82, 2.24) is 24.6 Å². The van der Waals surface area contributed by atoms with E-state index in [-0.39, 0.29) is 43.7 Å². The van der Waals surface area contributed by atoms with Crippen LogP contribution in [0.1, 0.15) is 34.6 Å². The maximum absolute atomic E-state index is 12.5. The molecule has 0 aliphatic heterocycles. The van der Waals surface area contributed by atoms with Crippen LogP contribution in [-0.4, -0.2) is 64.3 Å². The lowest BCUT2D eigenvalue weighted by atomic mass is 10.2. The van der Waals surface area contributed by atoms with Crippen molar-refractivity contribution >= 4 is 17.8 Å². The van der Waals surface area contributed by atoms with Crippen molar-refractivity contribution in [2.75, 3.05) is 27.2 Å². The fraction of sp³-hybridized carbons (Fsp3) is 0.474. The average Bonchev–Trinajstić information content (AvgIpc) is 3.21. The second kappa shape index (κ2) is 9.20. The summed E-state index contributed by atoms with van der Waals surface area (Å²) in [6.07, 6.45) is 2.14. The Morgan fingerprint density at radius 3 is 2.57 bits per heavy atom. The molecular formula is C19H27N5O4. The summed E-state index contributed by atoms with van der Waals surface area (Å²) in [7, 11) is 4.77. The minimum Gasteiger partial charge on any atom is -0.469 e. The van der Waals surface area contributed by atoms with Crippen molar-refractivity contribution in [2.45, 2.75) is 26.7 Å². The predicted molar refractivity (Wildman–Crippen MR) is 103 cm³/mol. The van der Waals surface area contributed by atoms with E-state index in [0.29, 0.717) is 5.56 Å². The monoisotopic (exact) mass is 389 g/mol. The number of methoxy groups -OCH3 is 1. The molecule has 0 spiro atoms. The highest BCUT2D eigenvalue weighted by Gasteiger charge is 2.18. The fourth-order valence-electron chi connectivity index (χ4n) is 2.92. The lowest BCUT2D eigenvalue weighted by Crippen LogP contribution is -2.33. The molecule has 0 unspecified atom stereocenters. The molecule has 2 heterocycles. The van der Waals surface area contributed by atoms with Gasteiger partial charge in [-0.05, 0) is 19.9 Å². The van der Waals surface area contributed by atoms with Gasteiger partial charge in [0, 0.05) is 57.3 Å². The number of amides is 2. The summed E-state index contributed by atoms with van der Waals surface area (Å²) < 4.78 is 8.18. The van der Waals surface area contributed by atoms with Gasteiger partial charge >= 0.3 is 5.97 Å². The number of nitrogens with zero attached hydrogens (tertiary/aromatic N) is 4. The molecule has 1 N–H and O–H groups in total. The van der Waals surface area contributed by atoms with Crippen LogP contribution in [0.15, 0.2) is 18.3 Å². The van der Waals surface area contributed by atoms with Gasteiger partial charge in [0.15, 0.2) is 5.82 Å². The second-order valence-corrected chi connectivity index (χ2v) is 6.62. The summed E-state index contributed by atoms with van der Waals surface area (Å²) in [5, 5.41) is 7.16. The number of rotatable bonds is 8. The first-order valence-corrected chi connectivity index (χ1v) is 9.02. The van der Waals surface area contributed by atoms with Gasteiger partial charge in [-0.2, -0.15) is 5.10 Å². The molecule has 9 nitrogen and oxygen atoms in total. The molecule has 2 amide bonds. The first-order valence-electron chi connectivity index (χ1n) is 9.02. The van der Waals surface area contributed by atoms with Crippen molar-refractivity contribution in [3.63, 3.8) is 0 Å². The number of ether oxygens (including phenoxy) is 1. The van der Waals surface area contributed by atoms with Crippen molar-refractivity contribution in [2.24, 2.45) is 7.05 Å². The van der Waals surface area contributed by atoms with Gasteiger partial charge in [0.1, 0.15) is 0 Å². The lowest BCUT2D eigenvalue weighted by molar-refractivity contribution is -0.141. The van der Waals surface area contributed by atoms with E-state index < -0.39 is 0 Å². The topological polar surface area (TPSA) is 98.5 Å². The zero-order valence-corrected chi connectivity index (χ0v) is 17.0. The lowest BCUT2D eigenvalue weighted by Gasteiger charge is -2.16. The zero-order chi connectivity index (χ0) is 20.8. The molecule has 0 bridgehead atoms. The van der Waals surface area contributed by atoms with Crippen LogP contribution >= 0.6 is 0 Å². The van der Waals surface area contributed by atoms with Crippen molar-refractivity contribution in [1.29, 1.82) is 0 Å². The number of aryl methyl sites for hydroxylation is 2. The molecule has 0 saturated heterocycles. The summed E-state index contributed by atoms with van der Waals surface area (Å²) >= 11 is 0. The molecule has 152 valence electrons. The van der Waals surface area contributed by atoms with Crippen LogP contribution < -0.4 is 5.32 Å². The molecule has 2 rings (SSSR count). The molecule has 2 aromatic rings. The van der Waals surface area contributed by atoms with E-state index in [4.69, 9.17) is 0 Å². The van der Waals surface area contributed by atoms with Crippen LogP contribution in [0.2, 0.25) is 0 Å². The van der Waals surface area contributed by atoms with E-state index >= 15 is 0 Å². The number of carbonyl (C=O) groups excluding carboxylic acids is 3. The smallest absolute Gasteiger partial charge is 0.307 e.